The minimum atomic E-state index is -1.30. The summed E-state index contributed by atoms with van der Waals surface area (Å²) in [6, 6.07) is 0.761. The minimum absolute atomic E-state index is 0.00319. The molecule has 3 rings (SSSR count). The van der Waals surface area contributed by atoms with Crippen molar-refractivity contribution < 1.29 is 39.0 Å². The summed E-state index contributed by atoms with van der Waals surface area (Å²) in [4.78, 5) is 73.9. The second-order valence-corrected chi connectivity index (χ2v) is 8.74. The Morgan fingerprint density at radius 1 is 1.11 bits per heavy atom. The number of hydrazine groups is 1. The number of nitrogens with one attached hydrogen (secondary N) is 2. The quantitative estimate of drug-likeness (QED) is 0.392. The molecule has 3 atom stereocenters. The first-order chi connectivity index (χ1) is 16.5. The minimum Gasteiger partial charge on any atom is -0.507 e. The van der Waals surface area contributed by atoms with Crippen LogP contribution >= 0.6 is 0 Å². The number of phenolic OH excluding ortho intramolecular Hbond substituents is 1. The van der Waals surface area contributed by atoms with Crippen molar-refractivity contribution in [1.29, 1.82) is 0 Å². The van der Waals surface area contributed by atoms with Crippen LogP contribution in [0.5, 0.6) is 5.75 Å². The molecule has 0 saturated carbocycles. The monoisotopic (exact) mass is 488 g/mol. The number of nitrogens with zero attached hydrogens (tertiary/aromatic N) is 2. The SMILES string of the molecule is Cc1cc(C)c(O)c(C(=O)NC2CC[C@@H](C(=O)N[C@H](C=O)CC(=O)O)N3C(=O)CCCC(=O)N23)c1. The van der Waals surface area contributed by atoms with Gasteiger partial charge in [0.2, 0.25) is 17.7 Å². The van der Waals surface area contributed by atoms with Gasteiger partial charge in [-0.3, -0.25) is 24.0 Å². The molecule has 12 nitrogen and oxygen atoms in total. The Kier molecular flexibility index (Phi) is 7.72. The van der Waals surface area contributed by atoms with Gasteiger partial charge in [0.15, 0.2) is 0 Å². The molecular weight excluding hydrogens is 460 g/mol. The van der Waals surface area contributed by atoms with Crippen LogP contribution in [0, 0.1) is 13.8 Å². The first-order valence-electron chi connectivity index (χ1n) is 11.3. The third kappa shape index (κ3) is 5.58. The zero-order valence-corrected chi connectivity index (χ0v) is 19.4. The highest BCUT2D eigenvalue weighted by Gasteiger charge is 2.46. The molecule has 4 N–H and O–H groups in total. The molecule has 0 spiro atoms. The molecule has 35 heavy (non-hydrogen) atoms. The lowest BCUT2D eigenvalue weighted by atomic mass is 10.0. The highest BCUT2D eigenvalue weighted by Crippen LogP contribution is 2.29. The van der Waals surface area contributed by atoms with Gasteiger partial charge in [-0.15, -0.1) is 0 Å². The average molecular weight is 488 g/mol. The molecule has 2 aliphatic rings. The molecule has 12 heteroatoms. The molecule has 1 aromatic carbocycles. The van der Waals surface area contributed by atoms with E-state index in [9.17, 15) is 33.9 Å². The van der Waals surface area contributed by atoms with Crippen molar-refractivity contribution in [1.82, 2.24) is 20.7 Å². The topological polar surface area (TPSA) is 173 Å². The molecule has 2 saturated heterocycles. The fourth-order valence-corrected chi connectivity index (χ4v) is 4.41. The summed E-state index contributed by atoms with van der Waals surface area (Å²) < 4.78 is 0. The fraction of sp³-hybridized carbons (Fsp3) is 0.478. The number of amides is 4. The summed E-state index contributed by atoms with van der Waals surface area (Å²) in [6.07, 6.45) is -0.864. The Morgan fingerprint density at radius 2 is 1.77 bits per heavy atom. The molecule has 2 aliphatic heterocycles. The van der Waals surface area contributed by atoms with Gasteiger partial charge >= 0.3 is 5.97 Å². The van der Waals surface area contributed by atoms with Gasteiger partial charge in [-0.2, -0.15) is 0 Å². The van der Waals surface area contributed by atoms with E-state index >= 15 is 0 Å². The van der Waals surface area contributed by atoms with Gasteiger partial charge in [-0.25, -0.2) is 10.0 Å². The van der Waals surface area contributed by atoms with Crippen molar-refractivity contribution in [2.75, 3.05) is 0 Å². The molecule has 2 heterocycles. The van der Waals surface area contributed by atoms with Crippen molar-refractivity contribution in [2.24, 2.45) is 0 Å². The second kappa shape index (κ2) is 10.5. The van der Waals surface area contributed by atoms with Crippen LogP contribution in [-0.2, 0) is 24.0 Å². The van der Waals surface area contributed by atoms with Gasteiger partial charge in [0.05, 0.1) is 18.0 Å². The Bertz CT molecular complexity index is 1070. The number of fused-ring (bicyclic) bond motifs is 1. The standard InChI is InChI=1S/C23H28N4O8/c1-12-8-13(2)21(33)15(9-12)22(34)25-17-7-6-16(23(35)24-14(11-28)10-20(31)32)26-18(29)4-3-5-19(30)27(17)26/h8-9,11,14,16-17,33H,3-7,10H2,1-2H3,(H,24,35)(H,25,34)(H,31,32)/t14-,16-,17?/m0/s1. The molecule has 188 valence electrons. The van der Waals surface area contributed by atoms with E-state index in [1.807, 2.05) is 0 Å². The number of aryl methyl sites for hydroxylation is 2. The Balaban J connectivity index is 1.87. The highest BCUT2D eigenvalue weighted by atomic mass is 16.4. The maximum Gasteiger partial charge on any atom is 0.305 e. The van der Waals surface area contributed by atoms with Crippen molar-refractivity contribution in [3.8, 4) is 5.75 Å². The fourth-order valence-electron chi connectivity index (χ4n) is 4.41. The van der Waals surface area contributed by atoms with Gasteiger partial charge < -0.3 is 25.6 Å². The van der Waals surface area contributed by atoms with Gasteiger partial charge in [-0.1, -0.05) is 6.07 Å². The van der Waals surface area contributed by atoms with Crippen LogP contribution in [0.25, 0.3) is 0 Å². The lowest BCUT2D eigenvalue weighted by Gasteiger charge is -2.47. The summed E-state index contributed by atoms with van der Waals surface area (Å²) >= 11 is 0. The van der Waals surface area contributed by atoms with Crippen LogP contribution < -0.4 is 10.6 Å². The number of phenols is 1. The van der Waals surface area contributed by atoms with Crippen LogP contribution in [0.4, 0.5) is 0 Å². The zero-order chi connectivity index (χ0) is 25.9. The van der Waals surface area contributed by atoms with Gasteiger partial charge in [-0.05, 0) is 50.3 Å². The van der Waals surface area contributed by atoms with E-state index in [0.717, 1.165) is 15.6 Å². The predicted octanol–water partition coefficient (Wildman–Crippen LogP) is 0.142. The van der Waals surface area contributed by atoms with Crippen molar-refractivity contribution in [3.05, 3.63) is 28.8 Å². The summed E-state index contributed by atoms with van der Waals surface area (Å²) in [5, 5.41) is 26.3. The van der Waals surface area contributed by atoms with Crippen LogP contribution in [0.3, 0.4) is 0 Å². The summed E-state index contributed by atoms with van der Waals surface area (Å²) in [5.41, 5.74) is 1.27. The lowest BCUT2D eigenvalue weighted by molar-refractivity contribution is -0.184. The molecule has 0 bridgehead atoms. The molecule has 0 aliphatic carbocycles. The van der Waals surface area contributed by atoms with Crippen molar-refractivity contribution in [3.63, 3.8) is 0 Å². The molecule has 4 amide bonds. The first-order valence-corrected chi connectivity index (χ1v) is 11.3. The second-order valence-electron chi connectivity index (χ2n) is 8.74. The Hall–Kier alpha value is -3.96. The van der Waals surface area contributed by atoms with Gasteiger partial charge in [0.1, 0.15) is 24.2 Å². The van der Waals surface area contributed by atoms with Gasteiger partial charge in [0.25, 0.3) is 5.91 Å². The molecule has 2 fully saturated rings. The molecule has 0 aromatic heterocycles. The van der Waals surface area contributed by atoms with Gasteiger partial charge in [0, 0.05) is 12.8 Å². The number of hydrogen-bond acceptors (Lipinski definition) is 7. The number of aliphatic carboxylic acids is 1. The molecular formula is C23H28N4O8. The maximum atomic E-state index is 13.0. The predicted molar refractivity (Wildman–Crippen MR) is 120 cm³/mol. The third-order valence-corrected chi connectivity index (χ3v) is 6.00. The zero-order valence-electron chi connectivity index (χ0n) is 19.4. The average Bonchev–Trinajstić information content (AvgIpc) is 2.94. The van der Waals surface area contributed by atoms with E-state index in [-0.39, 0.29) is 43.4 Å². The number of carboxylic acids is 1. The number of carbonyl (C=O) groups is 6. The summed E-state index contributed by atoms with van der Waals surface area (Å²) in [7, 11) is 0. The lowest BCUT2D eigenvalue weighted by Crippen LogP contribution is -2.68. The van der Waals surface area contributed by atoms with E-state index < -0.39 is 54.3 Å². The molecule has 1 unspecified atom stereocenters. The Morgan fingerprint density at radius 3 is 2.40 bits per heavy atom. The maximum absolute atomic E-state index is 13.0. The van der Waals surface area contributed by atoms with E-state index in [1.165, 1.54) is 6.07 Å². The number of aromatic hydroxyl groups is 1. The van der Waals surface area contributed by atoms with Crippen LogP contribution in [-0.4, -0.2) is 74.4 Å². The van der Waals surface area contributed by atoms with Crippen LogP contribution in [0.1, 0.15) is 60.0 Å². The number of carbonyl (C=O) groups excluding carboxylic acids is 5. The third-order valence-electron chi connectivity index (χ3n) is 6.00. The van der Waals surface area contributed by atoms with E-state index in [1.54, 1.807) is 19.9 Å². The first kappa shape index (κ1) is 25.7. The molecule has 0 radical (unpaired) electrons. The summed E-state index contributed by atoms with van der Waals surface area (Å²) in [6.45, 7) is 3.42. The summed E-state index contributed by atoms with van der Waals surface area (Å²) in [5.74, 6) is -3.88. The number of benzene rings is 1. The largest absolute Gasteiger partial charge is 0.507 e. The normalized spacial score (nSPS) is 21.0. The van der Waals surface area contributed by atoms with E-state index in [4.69, 9.17) is 5.11 Å². The smallest absolute Gasteiger partial charge is 0.305 e. The number of rotatable bonds is 7. The van der Waals surface area contributed by atoms with Crippen LogP contribution in [0.2, 0.25) is 0 Å². The van der Waals surface area contributed by atoms with Crippen molar-refractivity contribution >= 4 is 35.9 Å². The molecule has 1 aromatic rings. The van der Waals surface area contributed by atoms with E-state index in [2.05, 4.69) is 10.6 Å². The highest BCUT2D eigenvalue weighted by molar-refractivity contribution is 5.98. The van der Waals surface area contributed by atoms with Crippen LogP contribution in [0.15, 0.2) is 12.1 Å². The number of carboxylic acid groups (broad SMARTS) is 1. The van der Waals surface area contributed by atoms with Crippen molar-refractivity contribution in [2.45, 2.75) is 70.6 Å². The van der Waals surface area contributed by atoms with E-state index in [0.29, 0.717) is 11.8 Å². The number of hydrogen-bond donors (Lipinski definition) is 4. The Labute approximate surface area is 201 Å². The number of aldehydes is 1.